The third kappa shape index (κ3) is 21.0. The number of benzene rings is 3. The Kier molecular flexibility index (Phi) is 26.6. The topological polar surface area (TPSA) is 184 Å². The summed E-state index contributed by atoms with van der Waals surface area (Å²) in [4.78, 5) is 34.9. The summed E-state index contributed by atoms with van der Waals surface area (Å²) in [6, 6.07) is 13.7. The number of nitrogens with zero attached hydrogens (tertiary/aromatic N) is 1. The largest absolute Gasteiger partial charge is 0.508 e. The zero-order chi connectivity index (χ0) is 48.3. The fraction of sp³-hybridized carbons (Fsp3) is 0.538. The number of hydrogen-bond acceptors (Lipinski definition) is 10. The molecule has 0 aliphatic carbocycles. The zero-order valence-electron chi connectivity index (χ0n) is 40.3. The van der Waals surface area contributed by atoms with Gasteiger partial charge in [0.25, 0.3) is 0 Å². The number of imidazole rings is 1. The number of aromatic hydroxyl groups is 4. The molecule has 5 aromatic rings. The molecule has 0 bridgehead atoms. The summed E-state index contributed by atoms with van der Waals surface area (Å²) >= 11 is 7.73. The quantitative estimate of drug-likeness (QED) is 0.0152. The van der Waals surface area contributed by atoms with Gasteiger partial charge < -0.3 is 41.0 Å². The smallest absolute Gasteiger partial charge is 0.227 e. The molecule has 0 radical (unpaired) electrons. The van der Waals surface area contributed by atoms with Crippen LogP contribution < -0.4 is 10.6 Å². The number of amides is 2. The Morgan fingerprint density at radius 2 is 1.41 bits per heavy atom. The molecule has 2 heterocycles. The lowest BCUT2D eigenvalue weighted by molar-refractivity contribution is -0.121. The van der Waals surface area contributed by atoms with Crippen molar-refractivity contribution in [3.05, 3.63) is 75.5 Å². The molecule has 11 nitrogen and oxygen atoms in total. The number of aromatic nitrogens is 3. The molecule has 2 aromatic heterocycles. The lowest BCUT2D eigenvalue weighted by Crippen LogP contribution is -2.25. The summed E-state index contributed by atoms with van der Waals surface area (Å²) in [7, 11) is 0. The number of fused-ring (bicyclic) bond motifs is 1. The number of thiazole rings is 1. The van der Waals surface area contributed by atoms with Crippen molar-refractivity contribution in [2.45, 2.75) is 173 Å². The monoisotopic (exact) mass is 964 g/mol. The molecule has 0 aliphatic rings. The Morgan fingerprint density at radius 3 is 2.09 bits per heavy atom. The van der Waals surface area contributed by atoms with Crippen molar-refractivity contribution in [3.8, 4) is 23.0 Å². The predicted molar refractivity (Wildman–Crippen MR) is 277 cm³/mol. The van der Waals surface area contributed by atoms with E-state index in [0.717, 1.165) is 65.1 Å². The van der Waals surface area contributed by atoms with Crippen LogP contribution in [0.4, 0.5) is 5.69 Å². The van der Waals surface area contributed by atoms with E-state index in [4.69, 9.17) is 12.2 Å². The maximum Gasteiger partial charge on any atom is 0.227 e. The van der Waals surface area contributed by atoms with E-state index in [9.17, 15) is 30.0 Å². The number of aryl methyl sites for hydroxylation is 1. The molecule has 5 rings (SSSR count). The second kappa shape index (κ2) is 31.4. The molecule has 8 N–H and O–H groups in total. The molecule has 0 saturated heterocycles. The van der Waals surface area contributed by atoms with E-state index >= 15 is 0 Å². The number of hydrogen-bond donors (Lipinski definition) is 8. The van der Waals surface area contributed by atoms with Gasteiger partial charge in [-0.25, -0.2) is 4.98 Å². The van der Waals surface area contributed by atoms with Gasteiger partial charge in [0.15, 0.2) is 9.11 Å². The van der Waals surface area contributed by atoms with E-state index in [1.807, 2.05) is 30.5 Å². The SMILES string of the molecule is CCCCC(CC)C(=O)Nc1ccc2[nH]c(=S)[nH]c2c1.CCCCCCCCC(CCCCCC)Cc1cc(O)ccc1O.CCCNC(=O)Cc1csc(Sc2cc(O)c(C)cc2O)n1. The van der Waals surface area contributed by atoms with Crippen LogP contribution in [0, 0.1) is 23.5 Å². The molecule has 0 saturated carbocycles. The maximum absolute atomic E-state index is 12.2. The van der Waals surface area contributed by atoms with Crippen molar-refractivity contribution in [3.63, 3.8) is 0 Å². The lowest BCUT2D eigenvalue weighted by Gasteiger charge is -2.18. The highest BCUT2D eigenvalue weighted by molar-refractivity contribution is 8.01. The number of aromatic amines is 2. The summed E-state index contributed by atoms with van der Waals surface area (Å²) in [5.41, 5.74) is 4.90. The fourth-order valence-corrected chi connectivity index (χ4v) is 9.59. The molecule has 0 fully saturated rings. The third-order valence-corrected chi connectivity index (χ3v) is 13.7. The Labute approximate surface area is 407 Å². The van der Waals surface area contributed by atoms with Crippen molar-refractivity contribution in [1.29, 1.82) is 0 Å². The number of rotatable bonds is 26. The van der Waals surface area contributed by atoms with E-state index in [0.29, 0.717) is 39.1 Å². The van der Waals surface area contributed by atoms with Gasteiger partial charge in [0.05, 0.1) is 28.0 Å². The molecule has 0 spiro atoms. The molecule has 3 aromatic carbocycles. The Bertz CT molecular complexity index is 2240. The number of phenols is 4. The normalized spacial score (nSPS) is 11.8. The Balaban J connectivity index is 0.000000264. The average molecular weight is 964 g/mol. The third-order valence-electron chi connectivity index (χ3n) is 11.5. The molecule has 2 unspecified atom stereocenters. The lowest BCUT2D eigenvalue weighted by atomic mass is 9.88. The minimum Gasteiger partial charge on any atom is -0.508 e. The van der Waals surface area contributed by atoms with Crippen LogP contribution >= 0.6 is 35.3 Å². The van der Waals surface area contributed by atoms with Crippen molar-refractivity contribution in [1.82, 2.24) is 20.3 Å². The standard InChI is InChI=1S/C22H38O2.C15H21N3OS.C15H18N2O3S2/c1-3-5-7-9-10-12-14-19(13-11-8-6-4-2)17-20-18-21(23)15-16-22(20)24;1-3-5-6-10(4-2)14(19)16-11-7-8-12-13(9-11)18-15(20)17-12;1-3-4-16-14(20)6-10-8-21-15(17-10)22-13-7-11(18)9(2)5-12(13)19/h15-16,18-19,23-24H,3-14,17H2,1-2H3;7-10H,3-6H2,1-2H3,(H,16,19)(H2,17,18,20);5,7-8,18-19H,3-4,6H2,1-2H3,(H,16,20). The second-order valence-electron chi connectivity index (χ2n) is 17.2. The first kappa shape index (κ1) is 55.8. The van der Waals surface area contributed by atoms with Crippen LogP contribution in [0.5, 0.6) is 23.0 Å². The molecule has 14 heteroatoms. The maximum atomic E-state index is 12.2. The van der Waals surface area contributed by atoms with Crippen molar-refractivity contribution >= 4 is 63.9 Å². The molecule has 0 aliphatic heterocycles. The summed E-state index contributed by atoms with van der Waals surface area (Å²) in [6.45, 7) is 13.1. The van der Waals surface area contributed by atoms with Gasteiger partial charge in [0.2, 0.25) is 11.8 Å². The van der Waals surface area contributed by atoms with Gasteiger partial charge in [-0.3, -0.25) is 9.59 Å². The van der Waals surface area contributed by atoms with Gasteiger partial charge in [0, 0.05) is 23.5 Å². The van der Waals surface area contributed by atoms with Crippen LogP contribution in [0.25, 0.3) is 11.0 Å². The van der Waals surface area contributed by atoms with Gasteiger partial charge in [0.1, 0.15) is 23.0 Å². The first-order valence-electron chi connectivity index (χ1n) is 24.3. The first-order valence-corrected chi connectivity index (χ1v) is 26.4. The van der Waals surface area contributed by atoms with Gasteiger partial charge in [-0.2, -0.15) is 0 Å². The predicted octanol–water partition coefficient (Wildman–Crippen LogP) is 14.4. The molecule has 66 heavy (non-hydrogen) atoms. The Hall–Kier alpha value is -4.53. The summed E-state index contributed by atoms with van der Waals surface area (Å²) in [6.07, 6.45) is 21.8. The van der Waals surface area contributed by atoms with E-state index in [1.54, 1.807) is 25.1 Å². The van der Waals surface area contributed by atoms with E-state index in [1.165, 1.54) is 112 Å². The fourth-order valence-electron chi connectivity index (χ4n) is 7.54. The van der Waals surface area contributed by atoms with Crippen molar-refractivity contribution < 1.29 is 30.0 Å². The number of anilines is 1. The molecule has 364 valence electrons. The number of nitrogens with one attached hydrogen (secondary N) is 4. The van der Waals surface area contributed by atoms with Gasteiger partial charge >= 0.3 is 0 Å². The highest BCUT2D eigenvalue weighted by atomic mass is 32.2. The van der Waals surface area contributed by atoms with Crippen LogP contribution in [0.2, 0.25) is 0 Å². The van der Waals surface area contributed by atoms with Gasteiger partial charge in [-0.15, -0.1) is 11.3 Å². The molecular formula is C52H77N5O6S3. The van der Waals surface area contributed by atoms with Crippen LogP contribution in [0.3, 0.4) is 0 Å². The van der Waals surface area contributed by atoms with Crippen LogP contribution in [0.15, 0.2) is 63.1 Å². The van der Waals surface area contributed by atoms with Crippen molar-refractivity contribution in [2.75, 3.05) is 11.9 Å². The Morgan fingerprint density at radius 1 is 0.742 bits per heavy atom. The highest BCUT2D eigenvalue weighted by Crippen LogP contribution is 2.39. The highest BCUT2D eigenvalue weighted by Gasteiger charge is 2.17. The van der Waals surface area contributed by atoms with Crippen LogP contribution in [-0.2, 0) is 22.4 Å². The molecule has 2 amide bonds. The molecular weight excluding hydrogens is 887 g/mol. The second-order valence-corrected chi connectivity index (χ2v) is 19.8. The summed E-state index contributed by atoms with van der Waals surface area (Å²) in [5.74, 6) is 1.61. The van der Waals surface area contributed by atoms with Gasteiger partial charge in [-0.05, 0) is 110 Å². The van der Waals surface area contributed by atoms with Gasteiger partial charge in [-0.1, -0.05) is 136 Å². The number of unbranched alkanes of at least 4 members (excludes halogenated alkanes) is 9. The number of phenolic OH excluding ortho intramolecular Hbond substituents is 4. The van der Waals surface area contributed by atoms with E-state index < -0.39 is 0 Å². The minimum absolute atomic E-state index is 0.0421. The van der Waals surface area contributed by atoms with Crippen molar-refractivity contribution in [2.24, 2.45) is 11.8 Å². The number of carbonyl (C=O) groups excluding carboxylic acids is 2. The van der Waals surface area contributed by atoms with E-state index in [-0.39, 0.29) is 41.4 Å². The minimum atomic E-state index is -0.0421. The zero-order valence-corrected chi connectivity index (χ0v) is 42.7. The van der Waals surface area contributed by atoms with Crippen LogP contribution in [-0.4, -0.2) is 53.7 Å². The molecule has 2 atom stereocenters. The summed E-state index contributed by atoms with van der Waals surface area (Å²) < 4.78 is 1.31. The van der Waals surface area contributed by atoms with Crippen LogP contribution in [0.1, 0.15) is 161 Å². The number of H-pyrrole nitrogens is 2. The first-order chi connectivity index (χ1) is 31.8. The average Bonchev–Trinajstić information content (AvgIpc) is 3.90. The summed E-state index contributed by atoms with van der Waals surface area (Å²) in [5, 5.41) is 47.0. The van der Waals surface area contributed by atoms with E-state index in [2.05, 4.69) is 53.3 Å². The number of carbonyl (C=O) groups is 2.